The summed E-state index contributed by atoms with van der Waals surface area (Å²) in [7, 11) is 0. The molecule has 0 saturated carbocycles. The molecule has 0 aromatic heterocycles. The van der Waals surface area contributed by atoms with Gasteiger partial charge in [-0.25, -0.2) is 0 Å². The second kappa shape index (κ2) is 5.83. The highest BCUT2D eigenvalue weighted by Gasteiger charge is 2.38. The summed E-state index contributed by atoms with van der Waals surface area (Å²) < 4.78 is 5.32. The number of carbonyl (C=O) groups excluding carboxylic acids is 1. The van der Waals surface area contributed by atoms with Crippen LogP contribution < -0.4 is 5.73 Å². The Morgan fingerprint density at radius 2 is 2.00 bits per heavy atom. The molecular formula is C14H18ClNO2. The van der Waals surface area contributed by atoms with Crippen LogP contribution in [0.3, 0.4) is 0 Å². The van der Waals surface area contributed by atoms with Gasteiger partial charge in [-0.2, -0.15) is 0 Å². The van der Waals surface area contributed by atoms with Gasteiger partial charge in [0.05, 0.1) is 0 Å². The lowest BCUT2D eigenvalue weighted by Gasteiger charge is -2.34. The smallest absolute Gasteiger partial charge is 0.144 e. The predicted molar refractivity (Wildman–Crippen MR) is 71.7 cm³/mol. The molecule has 1 saturated heterocycles. The summed E-state index contributed by atoms with van der Waals surface area (Å²) in [6, 6.07) is 7.46. The number of halogens is 1. The van der Waals surface area contributed by atoms with Crippen molar-refractivity contribution in [3.63, 3.8) is 0 Å². The maximum Gasteiger partial charge on any atom is 0.144 e. The van der Waals surface area contributed by atoms with Gasteiger partial charge in [-0.1, -0.05) is 29.8 Å². The topological polar surface area (TPSA) is 52.3 Å². The number of benzene rings is 1. The largest absolute Gasteiger partial charge is 0.381 e. The highest BCUT2D eigenvalue weighted by atomic mass is 35.5. The fraction of sp³-hybridized carbons (Fsp3) is 0.500. The van der Waals surface area contributed by atoms with Crippen molar-refractivity contribution in [2.75, 3.05) is 19.8 Å². The number of ether oxygens (including phenoxy) is 1. The molecule has 2 rings (SSSR count). The summed E-state index contributed by atoms with van der Waals surface area (Å²) in [6.07, 6.45) is 1.79. The number of rotatable bonds is 4. The van der Waals surface area contributed by atoms with E-state index in [-0.39, 0.29) is 5.78 Å². The molecule has 0 bridgehead atoms. The van der Waals surface area contributed by atoms with Gasteiger partial charge in [0, 0.05) is 36.6 Å². The van der Waals surface area contributed by atoms with Gasteiger partial charge in [0.2, 0.25) is 0 Å². The van der Waals surface area contributed by atoms with E-state index in [0.717, 1.165) is 5.56 Å². The molecule has 0 spiro atoms. The van der Waals surface area contributed by atoms with Gasteiger partial charge < -0.3 is 10.5 Å². The van der Waals surface area contributed by atoms with Gasteiger partial charge in [-0.3, -0.25) is 4.79 Å². The normalized spacial score (nSPS) is 18.6. The van der Waals surface area contributed by atoms with Crippen molar-refractivity contribution in [3.8, 4) is 0 Å². The van der Waals surface area contributed by atoms with E-state index in [4.69, 9.17) is 22.1 Å². The summed E-state index contributed by atoms with van der Waals surface area (Å²) in [5.41, 5.74) is 6.28. The Bertz CT molecular complexity index is 428. The summed E-state index contributed by atoms with van der Waals surface area (Å²) >= 11 is 6.09. The molecule has 1 fully saturated rings. The van der Waals surface area contributed by atoms with E-state index < -0.39 is 5.41 Å². The van der Waals surface area contributed by atoms with E-state index >= 15 is 0 Å². The number of ketones is 1. The number of hydrogen-bond acceptors (Lipinski definition) is 3. The molecule has 1 aliphatic heterocycles. The van der Waals surface area contributed by atoms with Crippen molar-refractivity contribution in [2.45, 2.75) is 19.3 Å². The first-order valence-corrected chi connectivity index (χ1v) is 6.60. The number of Topliss-reactive ketones (excluding diaryl/α,β-unsaturated/α-hetero) is 1. The second-order valence-electron chi connectivity index (χ2n) is 4.79. The van der Waals surface area contributed by atoms with Crippen molar-refractivity contribution in [1.82, 2.24) is 0 Å². The molecule has 3 nitrogen and oxygen atoms in total. The minimum Gasteiger partial charge on any atom is -0.381 e. The lowest BCUT2D eigenvalue weighted by atomic mass is 9.74. The van der Waals surface area contributed by atoms with Gasteiger partial charge in [0.15, 0.2) is 0 Å². The molecule has 0 unspecified atom stereocenters. The predicted octanol–water partition coefficient (Wildman–Crippen LogP) is 2.21. The number of nitrogens with two attached hydrogens (primary N) is 1. The summed E-state index contributed by atoms with van der Waals surface area (Å²) in [4.78, 5) is 12.5. The Morgan fingerprint density at radius 3 is 2.61 bits per heavy atom. The third kappa shape index (κ3) is 2.74. The summed E-state index contributed by atoms with van der Waals surface area (Å²) in [5.74, 6) is 0.182. The van der Waals surface area contributed by atoms with Crippen LogP contribution in [0.15, 0.2) is 24.3 Å². The molecule has 0 atom stereocenters. The maximum atomic E-state index is 12.5. The Morgan fingerprint density at radius 1 is 1.33 bits per heavy atom. The van der Waals surface area contributed by atoms with E-state index in [2.05, 4.69) is 0 Å². The third-order valence-corrected chi connectivity index (χ3v) is 4.11. The van der Waals surface area contributed by atoms with Crippen molar-refractivity contribution in [3.05, 3.63) is 34.9 Å². The lowest BCUT2D eigenvalue weighted by Crippen LogP contribution is -2.44. The molecule has 0 radical (unpaired) electrons. The molecule has 1 heterocycles. The number of hydrogen-bond donors (Lipinski definition) is 1. The van der Waals surface area contributed by atoms with Crippen molar-refractivity contribution in [2.24, 2.45) is 11.1 Å². The van der Waals surface area contributed by atoms with Crippen molar-refractivity contribution >= 4 is 17.4 Å². The van der Waals surface area contributed by atoms with Crippen LogP contribution in [0, 0.1) is 5.41 Å². The zero-order valence-corrected chi connectivity index (χ0v) is 11.1. The molecule has 4 heteroatoms. The average Bonchev–Trinajstić information content (AvgIpc) is 2.42. The SMILES string of the molecule is NCC1(C(=O)Cc2ccccc2Cl)CCOCC1. The molecule has 98 valence electrons. The van der Waals surface area contributed by atoms with E-state index in [1.807, 2.05) is 24.3 Å². The third-order valence-electron chi connectivity index (χ3n) is 3.74. The first kappa shape index (κ1) is 13.5. The fourth-order valence-electron chi connectivity index (χ4n) is 2.36. The minimum absolute atomic E-state index is 0.182. The molecule has 1 aromatic rings. The van der Waals surface area contributed by atoms with Gasteiger partial charge in [0.25, 0.3) is 0 Å². The Kier molecular flexibility index (Phi) is 4.38. The van der Waals surface area contributed by atoms with Crippen LogP contribution in [0.2, 0.25) is 5.02 Å². The van der Waals surface area contributed by atoms with Crippen molar-refractivity contribution in [1.29, 1.82) is 0 Å². The van der Waals surface area contributed by atoms with Gasteiger partial charge in [0.1, 0.15) is 5.78 Å². The van der Waals surface area contributed by atoms with Crippen LogP contribution in [-0.2, 0) is 16.0 Å². The summed E-state index contributed by atoms with van der Waals surface area (Å²) in [6.45, 7) is 1.62. The van der Waals surface area contributed by atoms with Crippen LogP contribution in [0.4, 0.5) is 0 Å². The Labute approximate surface area is 112 Å². The number of carbonyl (C=O) groups is 1. The maximum absolute atomic E-state index is 12.5. The van der Waals surface area contributed by atoms with E-state index in [9.17, 15) is 4.79 Å². The highest BCUT2D eigenvalue weighted by Crippen LogP contribution is 2.32. The second-order valence-corrected chi connectivity index (χ2v) is 5.20. The summed E-state index contributed by atoms with van der Waals surface area (Å²) in [5, 5.41) is 0.644. The molecule has 18 heavy (non-hydrogen) atoms. The highest BCUT2D eigenvalue weighted by molar-refractivity contribution is 6.31. The fourth-order valence-corrected chi connectivity index (χ4v) is 2.56. The molecule has 0 aliphatic carbocycles. The molecule has 0 amide bonds. The molecular weight excluding hydrogens is 250 g/mol. The van der Waals surface area contributed by atoms with E-state index in [0.29, 0.717) is 44.0 Å². The Hall–Kier alpha value is -0.900. The zero-order chi connectivity index (χ0) is 13.0. The minimum atomic E-state index is -0.419. The lowest BCUT2D eigenvalue weighted by molar-refractivity contribution is -0.132. The van der Waals surface area contributed by atoms with Crippen LogP contribution in [0.25, 0.3) is 0 Å². The van der Waals surface area contributed by atoms with Gasteiger partial charge in [-0.05, 0) is 24.5 Å². The monoisotopic (exact) mass is 267 g/mol. The van der Waals surface area contributed by atoms with Crippen LogP contribution in [-0.4, -0.2) is 25.5 Å². The standard InChI is InChI=1S/C14H18ClNO2/c15-12-4-2-1-3-11(12)9-13(17)14(10-16)5-7-18-8-6-14/h1-4H,5-10,16H2. The van der Waals surface area contributed by atoms with Gasteiger partial charge >= 0.3 is 0 Å². The molecule has 1 aliphatic rings. The zero-order valence-electron chi connectivity index (χ0n) is 10.3. The van der Waals surface area contributed by atoms with Gasteiger partial charge in [-0.15, -0.1) is 0 Å². The van der Waals surface area contributed by atoms with Crippen molar-refractivity contribution < 1.29 is 9.53 Å². The van der Waals surface area contributed by atoms with E-state index in [1.54, 1.807) is 0 Å². The van der Waals surface area contributed by atoms with Crippen LogP contribution >= 0.6 is 11.6 Å². The first-order chi connectivity index (χ1) is 8.68. The van der Waals surface area contributed by atoms with Crippen LogP contribution in [0.1, 0.15) is 18.4 Å². The average molecular weight is 268 g/mol. The van der Waals surface area contributed by atoms with Crippen LogP contribution in [0.5, 0.6) is 0 Å². The Balaban J connectivity index is 2.13. The quantitative estimate of drug-likeness (QED) is 0.910. The van der Waals surface area contributed by atoms with E-state index in [1.165, 1.54) is 0 Å². The molecule has 2 N–H and O–H groups in total. The first-order valence-electron chi connectivity index (χ1n) is 6.22. The molecule has 1 aromatic carbocycles.